The first-order valence-corrected chi connectivity index (χ1v) is 11.0. The van der Waals surface area contributed by atoms with Gasteiger partial charge in [-0.3, -0.25) is 4.79 Å². The van der Waals surface area contributed by atoms with E-state index in [9.17, 15) is 4.79 Å². The highest BCUT2D eigenvalue weighted by Crippen LogP contribution is 2.26. The molecule has 0 saturated carbocycles. The quantitative estimate of drug-likeness (QED) is 0.356. The lowest BCUT2D eigenvalue weighted by atomic mass is 10.2. The third-order valence-electron chi connectivity index (χ3n) is 4.14. The number of thiazole rings is 1. The Hall–Kier alpha value is -3.04. The summed E-state index contributed by atoms with van der Waals surface area (Å²) in [5.41, 5.74) is 1.82. The van der Waals surface area contributed by atoms with Gasteiger partial charge in [0.15, 0.2) is 6.10 Å². The van der Waals surface area contributed by atoms with Crippen LogP contribution in [0.2, 0.25) is 0 Å². The van der Waals surface area contributed by atoms with Crippen LogP contribution < -0.4 is 4.74 Å². The molecule has 1 unspecified atom stereocenters. The second kappa shape index (κ2) is 9.19. The number of carbonyl (C=O) groups excluding carboxylic acids is 1. The zero-order valence-electron chi connectivity index (χ0n) is 16.4. The van der Waals surface area contributed by atoms with E-state index < -0.39 is 12.1 Å². The predicted octanol–water partition coefficient (Wildman–Crippen LogP) is 4.99. The molecule has 7 nitrogen and oxygen atoms in total. The fourth-order valence-corrected chi connectivity index (χ4v) is 3.96. The molecule has 1 aromatic carbocycles. The minimum absolute atomic E-state index is 0.0668. The lowest BCUT2D eigenvalue weighted by Gasteiger charge is -2.08. The van der Waals surface area contributed by atoms with Crippen LogP contribution in [0.3, 0.4) is 0 Å². The van der Waals surface area contributed by atoms with Crippen LogP contribution in [0.25, 0.3) is 10.8 Å². The number of aryl methyl sites for hydroxylation is 1. The van der Waals surface area contributed by atoms with E-state index in [1.807, 2.05) is 54.1 Å². The number of hydrogen-bond donors (Lipinski definition) is 0. The number of aromatic nitrogens is 3. The Morgan fingerprint density at radius 3 is 2.77 bits per heavy atom. The average Bonchev–Trinajstić information content (AvgIpc) is 3.48. The minimum atomic E-state index is -0.637. The molecule has 0 amide bonds. The maximum atomic E-state index is 12.3. The minimum Gasteiger partial charge on any atom is -0.486 e. The van der Waals surface area contributed by atoms with Crippen molar-refractivity contribution in [3.05, 3.63) is 69.3 Å². The number of carbonyl (C=O) groups is 1. The molecule has 9 heteroatoms. The van der Waals surface area contributed by atoms with Crippen molar-refractivity contribution in [2.45, 2.75) is 33.0 Å². The Morgan fingerprint density at radius 1 is 1.17 bits per heavy atom. The van der Waals surface area contributed by atoms with Crippen molar-refractivity contribution >= 4 is 28.6 Å². The van der Waals surface area contributed by atoms with Crippen molar-refractivity contribution in [3.63, 3.8) is 0 Å². The summed E-state index contributed by atoms with van der Waals surface area (Å²) in [6.07, 6.45) is -0.571. The van der Waals surface area contributed by atoms with Gasteiger partial charge in [0.2, 0.25) is 0 Å². The fourth-order valence-electron chi connectivity index (χ4n) is 2.61. The van der Waals surface area contributed by atoms with Gasteiger partial charge in [0.1, 0.15) is 17.4 Å². The molecule has 0 radical (unpaired) electrons. The summed E-state index contributed by atoms with van der Waals surface area (Å²) < 4.78 is 16.8. The smallest absolute Gasteiger partial charge is 0.312 e. The van der Waals surface area contributed by atoms with E-state index in [1.165, 1.54) is 28.2 Å². The third kappa shape index (κ3) is 5.11. The molecule has 0 aliphatic rings. The van der Waals surface area contributed by atoms with Gasteiger partial charge in [0, 0.05) is 5.38 Å². The standard InChI is InChI=1S/C21H19N3O4S2/c1-13-5-7-16(8-6-13)26-11-18-22-15(12-30-18)10-19(25)27-14(2)20-23-24-21(28-20)17-4-3-9-29-17/h3-9,12,14H,10-11H2,1-2H3. The molecule has 0 aliphatic carbocycles. The molecule has 0 N–H and O–H groups in total. The number of thiophene rings is 1. The van der Waals surface area contributed by atoms with Gasteiger partial charge in [-0.05, 0) is 37.4 Å². The normalized spacial score (nSPS) is 11.9. The van der Waals surface area contributed by atoms with E-state index in [0.717, 1.165) is 15.6 Å². The third-order valence-corrected chi connectivity index (χ3v) is 5.87. The highest BCUT2D eigenvalue weighted by atomic mass is 32.1. The molecule has 0 fully saturated rings. The fraction of sp³-hybridized carbons (Fsp3) is 0.238. The van der Waals surface area contributed by atoms with Gasteiger partial charge in [0.05, 0.1) is 17.0 Å². The summed E-state index contributed by atoms with van der Waals surface area (Å²) >= 11 is 2.95. The number of nitrogens with zero attached hydrogens (tertiary/aromatic N) is 3. The van der Waals surface area contributed by atoms with E-state index in [1.54, 1.807) is 6.92 Å². The Morgan fingerprint density at radius 2 is 2.00 bits per heavy atom. The number of benzene rings is 1. The molecule has 0 spiro atoms. The van der Waals surface area contributed by atoms with Crippen LogP contribution in [0.1, 0.15) is 35.2 Å². The molecule has 1 atom stereocenters. The molecule has 4 aromatic rings. The predicted molar refractivity (Wildman–Crippen MR) is 113 cm³/mol. The summed E-state index contributed by atoms with van der Waals surface area (Å²) in [5.74, 6) is 1.06. The Kier molecular flexibility index (Phi) is 6.20. The van der Waals surface area contributed by atoms with Crippen LogP contribution in [0.5, 0.6) is 5.75 Å². The summed E-state index contributed by atoms with van der Waals surface area (Å²) in [4.78, 5) is 17.6. The average molecular weight is 442 g/mol. The monoisotopic (exact) mass is 441 g/mol. The van der Waals surface area contributed by atoms with Gasteiger partial charge < -0.3 is 13.9 Å². The van der Waals surface area contributed by atoms with Gasteiger partial charge >= 0.3 is 5.97 Å². The molecule has 0 bridgehead atoms. The second-order valence-electron chi connectivity index (χ2n) is 6.57. The molecule has 3 heterocycles. The lowest BCUT2D eigenvalue weighted by Crippen LogP contribution is -2.12. The highest BCUT2D eigenvalue weighted by Gasteiger charge is 2.20. The molecular formula is C21H19N3O4S2. The number of ether oxygens (including phenoxy) is 2. The zero-order chi connectivity index (χ0) is 20.9. The molecule has 0 saturated heterocycles. The van der Waals surface area contributed by atoms with Crippen LogP contribution in [0.15, 0.2) is 51.6 Å². The summed E-state index contributed by atoms with van der Waals surface area (Å²) in [7, 11) is 0. The Balaban J connectivity index is 1.28. The van der Waals surface area contributed by atoms with Gasteiger partial charge in [0.25, 0.3) is 11.8 Å². The molecule has 154 valence electrons. The first kappa shape index (κ1) is 20.2. The molecule has 3 aromatic heterocycles. The van der Waals surface area contributed by atoms with E-state index in [2.05, 4.69) is 15.2 Å². The maximum Gasteiger partial charge on any atom is 0.312 e. The van der Waals surface area contributed by atoms with Crippen molar-refractivity contribution in [1.29, 1.82) is 0 Å². The molecule has 0 aliphatic heterocycles. The van der Waals surface area contributed by atoms with Gasteiger partial charge in [-0.25, -0.2) is 4.98 Å². The molecule has 4 rings (SSSR count). The van der Waals surface area contributed by atoms with E-state index >= 15 is 0 Å². The molecular weight excluding hydrogens is 422 g/mol. The zero-order valence-corrected chi connectivity index (χ0v) is 18.0. The van der Waals surface area contributed by atoms with E-state index in [0.29, 0.717) is 18.2 Å². The van der Waals surface area contributed by atoms with Crippen molar-refractivity contribution < 1.29 is 18.7 Å². The van der Waals surface area contributed by atoms with Gasteiger partial charge in [-0.1, -0.05) is 23.8 Å². The SMILES string of the molecule is Cc1ccc(OCc2nc(CC(=O)OC(C)c3nnc(-c4cccs4)o3)cs2)cc1. The van der Waals surface area contributed by atoms with Gasteiger partial charge in [-0.15, -0.1) is 32.9 Å². The van der Waals surface area contributed by atoms with Crippen LogP contribution in [0.4, 0.5) is 0 Å². The van der Waals surface area contributed by atoms with Crippen molar-refractivity contribution in [2.75, 3.05) is 0 Å². The number of rotatable bonds is 8. The van der Waals surface area contributed by atoms with Crippen LogP contribution in [-0.4, -0.2) is 21.2 Å². The van der Waals surface area contributed by atoms with Crippen LogP contribution >= 0.6 is 22.7 Å². The largest absolute Gasteiger partial charge is 0.486 e. The van der Waals surface area contributed by atoms with Crippen LogP contribution in [-0.2, 0) is 22.6 Å². The van der Waals surface area contributed by atoms with Crippen molar-refractivity contribution in [1.82, 2.24) is 15.2 Å². The summed E-state index contributed by atoms with van der Waals surface area (Å²) in [5, 5.41) is 12.5. The Labute approximate surface area is 181 Å². The van der Waals surface area contributed by atoms with E-state index in [4.69, 9.17) is 13.9 Å². The number of esters is 1. The van der Waals surface area contributed by atoms with E-state index in [-0.39, 0.29) is 12.3 Å². The molecule has 30 heavy (non-hydrogen) atoms. The topological polar surface area (TPSA) is 87.3 Å². The first-order chi connectivity index (χ1) is 14.6. The Bertz CT molecular complexity index is 1100. The maximum absolute atomic E-state index is 12.3. The van der Waals surface area contributed by atoms with Crippen LogP contribution in [0, 0.1) is 6.92 Å². The summed E-state index contributed by atoms with van der Waals surface area (Å²) in [6.45, 7) is 4.08. The summed E-state index contributed by atoms with van der Waals surface area (Å²) in [6, 6.07) is 11.6. The van der Waals surface area contributed by atoms with Crippen molar-refractivity contribution in [2.24, 2.45) is 0 Å². The van der Waals surface area contributed by atoms with Crippen molar-refractivity contribution in [3.8, 4) is 16.5 Å². The first-order valence-electron chi connectivity index (χ1n) is 9.26. The highest BCUT2D eigenvalue weighted by molar-refractivity contribution is 7.13. The van der Waals surface area contributed by atoms with Gasteiger partial charge in [-0.2, -0.15) is 0 Å². The lowest BCUT2D eigenvalue weighted by molar-refractivity contribution is -0.148. The second-order valence-corrected chi connectivity index (χ2v) is 8.46. The number of hydrogen-bond acceptors (Lipinski definition) is 9.